The van der Waals surface area contributed by atoms with Crippen molar-refractivity contribution in [1.82, 2.24) is 9.78 Å². The highest BCUT2D eigenvalue weighted by Crippen LogP contribution is 2.29. The molecule has 2 N–H and O–H groups in total. The summed E-state index contributed by atoms with van der Waals surface area (Å²) in [5, 5.41) is 4.48. The molecule has 1 fully saturated rings. The van der Waals surface area contributed by atoms with Crippen molar-refractivity contribution in [3.8, 4) is 0 Å². The van der Waals surface area contributed by atoms with Crippen LogP contribution in [0.5, 0.6) is 0 Å². The molecule has 0 aromatic carbocycles. The van der Waals surface area contributed by atoms with E-state index in [1.54, 1.807) is 0 Å². The first-order chi connectivity index (χ1) is 8.69. The Morgan fingerprint density at radius 3 is 2.78 bits per heavy atom. The first-order valence-corrected chi connectivity index (χ1v) is 7.46. The van der Waals surface area contributed by atoms with Crippen molar-refractivity contribution in [1.29, 1.82) is 0 Å². The molecule has 1 aliphatic carbocycles. The maximum Gasteiger partial charge on any atom is 0.0624 e. The normalized spacial score (nSPS) is 18.4. The van der Waals surface area contributed by atoms with Crippen LogP contribution < -0.4 is 5.73 Å². The molecule has 1 aromatic heterocycles. The van der Waals surface area contributed by atoms with Gasteiger partial charge >= 0.3 is 0 Å². The fourth-order valence-corrected chi connectivity index (χ4v) is 3.05. The van der Waals surface area contributed by atoms with Gasteiger partial charge in [-0.2, -0.15) is 5.10 Å². The summed E-state index contributed by atoms with van der Waals surface area (Å²) in [6.07, 6.45) is 10.2. The standard InChI is InChI=1S/C15H27N3/c1-3-14-11-15(18(2)17-14)10-13(16)9-8-12-6-4-5-7-12/h11-13H,3-10,16H2,1-2H3. The molecule has 2 rings (SSSR count). The Labute approximate surface area is 111 Å². The lowest BCUT2D eigenvalue weighted by molar-refractivity contribution is 0.443. The average Bonchev–Trinajstić information content (AvgIpc) is 2.97. The van der Waals surface area contributed by atoms with Crippen molar-refractivity contribution in [2.45, 2.75) is 64.3 Å². The van der Waals surface area contributed by atoms with E-state index in [2.05, 4.69) is 18.1 Å². The number of hydrogen-bond acceptors (Lipinski definition) is 2. The van der Waals surface area contributed by atoms with Crippen molar-refractivity contribution < 1.29 is 0 Å². The van der Waals surface area contributed by atoms with Crippen LogP contribution in [0, 0.1) is 5.92 Å². The minimum atomic E-state index is 0.297. The largest absolute Gasteiger partial charge is 0.327 e. The number of aromatic nitrogens is 2. The van der Waals surface area contributed by atoms with Crippen molar-refractivity contribution in [3.63, 3.8) is 0 Å². The third kappa shape index (κ3) is 3.58. The van der Waals surface area contributed by atoms with Gasteiger partial charge in [0.1, 0.15) is 0 Å². The molecule has 102 valence electrons. The third-order valence-corrected chi connectivity index (χ3v) is 4.28. The van der Waals surface area contributed by atoms with Crippen LogP contribution in [0.15, 0.2) is 6.07 Å². The summed E-state index contributed by atoms with van der Waals surface area (Å²) in [6.45, 7) is 2.14. The van der Waals surface area contributed by atoms with Crippen molar-refractivity contribution in [2.24, 2.45) is 18.7 Å². The van der Waals surface area contributed by atoms with E-state index in [4.69, 9.17) is 5.73 Å². The monoisotopic (exact) mass is 249 g/mol. The summed E-state index contributed by atoms with van der Waals surface area (Å²) in [5.74, 6) is 0.953. The second kappa shape index (κ2) is 6.37. The molecule has 1 heterocycles. The molecule has 18 heavy (non-hydrogen) atoms. The predicted molar refractivity (Wildman–Crippen MR) is 75.5 cm³/mol. The smallest absolute Gasteiger partial charge is 0.0624 e. The molecule has 1 aliphatic rings. The van der Waals surface area contributed by atoms with Gasteiger partial charge in [-0.1, -0.05) is 32.6 Å². The van der Waals surface area contributed by atoms with E-state index in [1.807, 2.05) is 11.7 Å². The molecule has 1 atom stereocenters. The third-order valence-electron chi connectivity index (χ3n) is 4.28. The summed E-state index contributed by atoms with van der Waals surface area (Å²) in [5.41, 5.74) is 8.72. The zero-order chi connectivity index (χ0) is 13.0. The number of hydrogen-bond donors (Lipinski definition) is 1. The summed E-state index contributed by atoms with van der Waals surface area (Å²) in [6, 6.07) is 2.50. The zero-order valence-electron chi connectivity index (χ0n) is 11.9. The minimum Gasteiger partial charge on any atom is -0.327 e. The average molecular weight is 249 g/mol. The van der Waals surface area contributed by atoms with Crippen molar-refractivity contribution in [3.05, 3.63) is 17.5 Å². The molecule has 0 saturated heterocycles. The van der Waals surface area contributed by atoms with Crippen LogP contribution >= 0.6 is 0 Å². The lowest BCUT2D eigenvalue weighted by Gasteiger charge is -2.14. The molecular weight excluding hydrogens is 222 g/mol. The quantitative estimate of drug-likeness (QED) is 0.842. The van der Waals surface area contributed by atoms with Crippen LogP contribution in [0.1, 0.15) is 56.8 Å². The van der Waals surface area contributed by atoms with Gasteiger partial charge in [-0.05, 0) is 31.2 Å². The van der Waals surface area contributed by atoms with E-state index in [0.29, 0.717) is 6.04 Å². The fourth-order valence-electron chi connectivity index (χ4n) is 3.05. The fraction of sp³-hybridized carbons (Fsp3) is 0.800. The van der Waals surface area contributed by atoms with Crippen LogP contribution in [0.25, 0.3) is 0 Å². The SMILES string of the molecule is CCc1cc(CC(N)CCC2CCCC2)n(C)n1. The maximum absolute atomic E-state index is 6.26. The van der Waals surface area contributed by atoms with Crippen LogP contribution in [-0.2, 0) is 19.9 Å². The van der Waals surface area contributed by atoms with Crippen LogP contribution in [0.4, 0.5) is 0 Å². The summed E-state index contributed by atoms with van der Waals surface area (Å²) < 4.78 is 1.99. The van der Waals surface area contributed by atoms with Gasteiger partial charge in [0.25, 0.3) is 0 Å². The lowest BCUT2D eigenvalue weighted by Crippen LogP contribution is -2.24. The van der Waals surface area contributed by atoms with Crippen LogP contribution in [0.2, 0.25) is 0 Å². The summed E-state index contributed by atoms with van der Waals surface area (Å²) in [7, 11) is 2.03. The Hall–Kier alpha value is -0.830. The van der Waals surface area contributed by atoms with Crippen molar-refractivity contribution >= 4 is 0 Å². The Kier molecular flexibility index (Phi) is 4.81. The van der Waals surface area contributed by atoms with Gasteiger partial charge < -0.3 is 5.73 Å². The lowest BCUT2D eigenvalue weighted by atomic mass is 9.97. The molecule has 1 unspecified atom stereocenters. The van der Waals surface area contributed by atoms with E-state index >= 15 is 0 Å². The molecule has 3 heteroatoms. The van der Waals surface area contributed by atoms with Gasteiger partial charge in [0.15, 0.2) is 0 Å². The number of rotatable bonds is 6. The molecule has 0 bridgehead atoms. The number of aryl methyl sites for hydroxylation is 2. The van der Waals surface area contributed by atoms with Crippen molar-refractivity contribution in [2.75, 3.05) is 0 Å². The Morgan fingerprint density at radius 2 is 2.17 bits per heavy atom. The topological polar surface area (TPSA) is 43.8 Å². The number of nitrogens with zero attached hydrogens (tertiary/aromatic N) is 2. The molecule has 1 saturated carbocycles. The van der Waals surface area contributed by atoms with Crippen LogP contribution in [-0.4, -0.2) is 15.8 Å². The molecule has 3 nitrogen and oxygen atoms in total. The van der Waals surface area contributed by atoms with E-state index in [-0.39, 0.29) is 0 Å². The van der Waals surface area contributed by atoms with Gasteiger partial charge in [0.2, 0.25) is 0 Å². The van der Waals surface area contributed by atoms with Gasteiger partial charge in [-0.3, -0.25) is 4.68 Å². The summed E-state index contributed by atoms with van der Waals surface area (Å²) >= 11 is 0. The minimum absolute atomic E-state index is 0.297. The molecule has 0 spiro atoms. The van der Waals surface area contributed by atoms with E-state index in [1.165, 1.54) is 43.5 Å². The Morgan fingerprint density at radius 1 is 1.44 bits per heavy atom. The van der Waals surface area contributed by atoms with Crippen LogP contribution in [0.3, 0.4) is 0 Å². The molecular formula is C15H27N3. The number of nitrogens with two attached hydrogens (primary N) is 1. The van der Waals surface area contributed by atoms with Gasteiger partial charge in [0, 0.05) is 25.2 Å². The first-order valence-electron chi connectivity index (χ1n) is 7.46. The Bertz CT molecular complexity index is 364. The highest BCUT2D eigenvalue weighted by atomic mass is 15.3. The molecule has 0 radical (unpaired) electrons. The second-order valence-electron chi connectivity index (χ2n) is 5.80. The van der Waals surface area contributed by atoms with Gasteiger partial charge in [0.05, 0.1) is 5.69 Å². The zero-order valence-corrected chi connectivity index (χ0v) is 11.9. The van der Waals surface area contributed by atoms with E-state index < -0.39 is 0 Å². The highest BCUT2D eigenvalue weighted by molar-refractivity contribution is 5.11. The highest BCUT2D eigenvalue weighted by Gasteiger charge is 2.16. The van der Waals surface area contributed by atoms with E-state index in [0.717, 1.165) is 25.2 Å². The predicted octanol–water partition coefficient (Wildman–Crippen LogP) is 2.82. The maximum atomic E-state index is 6.26. The van der Waals surface area contributed by atoms with Gasteiger partial charge in [-0.25, -0.2) is 0 Å². The molecule has 1 aromatic rings. The first kappa shape index (κ1) is 13.6. The summed E-state index contributed by atoms with van der Waals surface area (Å²) in [4.78, 5) is 0. The molecule has 0 aliphatic heterocycles. The van der Waals surface area contributed by atoms with Gasteiger partial charge in [-0.15, -0.1) is 0 Å². The second-order valence-corrected chi connectivity index (χ2v) is 5.80. The Balaban J connectivity index is 1.78. The van der Waals surface area contributed by atoms with E-state index in [9.17, 15) is 0 Å². The molecule has 0 amide bonds.